The number of imidazole rings is 1. The molecule has 1 amide bonds. The van der Waals surface area contributed by atoms with Crippen LogP contribution in [0.2, 0.25) is 0 Å². The molecule has 1 fully saturated rings. The van der Waals surface area contributed by atoms with Crippen molar-refractivity contribution in [2.45, 2.75) is 6.42 Å². The van der Waals surface area contributed by atoms with Crippen LogP contribution in [0.3, 0.4) is 0 Å². The van der Waals surface area contributed by atoms with Gasteiger partial charge in [0.05, 0.1) is 6.42 Å². The Balaban J connectivity index is 1.88. The Morgan fingerprint density at radius 1 is 1.64 bits per heavy atom. The van der Waals surface area contributed by atoms with Crippen LogP contribution in [-0.4, -0.2) is 45.4 Å². The van der Waals surface area contributed by atoms with Crippen LogP contribution in [0.25, 0.3) is 0 Å². The van der Waals surface area contributed by atoms with Gasteiger partial charge in [-0.3, -0.25) is 4.79 Å². The molecular weight excluding hydrogens is 198 g/mol. The maximum Gasteiger partial charge on any atom is 0.230 e. The van der Waals surface area contributed by atoms with E-state index in [2.05, 4.69) is 16.2 Å². The average Bonchev–Trinajstić information content (AvgIpc) is 2.72. The number of H-pyrrole nitrogens is 1. The molecule has 5 heteroatoms. The lowest BCUT2D eigenvalue weighted by molar-refractivity contribution is -0.130. The van der Waals surface area contributed by atoms with Crippen LogP contribution in [-0.2, 0) is 11.2 Å². The van der Waals surface area contributed by atoms with Crippen LogP contribution in [0.15, 0.2) is 6.20 Å². The molecule has 2 heterocycles. The molecule has 0 unspecified atom stereocenters. The van der Waals surface area contributed by atoms with E-state index >= 15 is 0 Å². The summed E-state index contributed by atoms with van der Waals surface area (Å²) in [6.45, 7) is 1.74. The third kappa shape index (κ3) is 2.29. The largest absolute Gasteiger partial charge is 0.347 e. The Morgan fingerprint density at radius 3 is 3.07 bits per heavy atom. The van der Waals surface area contributed by atoms with Crippen molar-refractivity contribution in [1.29, 1.82) is 0 Å². The third-order valence-electron chi connectivity index (χ3n) is 2.19. The second-order valence-corrected chi connectivity index (χ2v) is 4.37. The monoisotopic (exact) mass is 210 g/mol. The highest BCUT2D eigenvalue weighted by atomic mass is 32.2. The number of thioether (sulfide) groups is 1. The molecule has 1 N–H and O–H groups in total. The molecule has 14 heavy (non-hydrogen) atoms. The Kier molecular flexibility index (Phi) is 3.08. The molecule has 4 nitrogen and oxygen atoms in total. The van der Waals surface area contributed by atoms with Crippen molar-refractivity contribution in [1.82, 2.24) is 14.9 Å². The zero-order valence-electron chi connectivity index (χ0n) is 7.82. The summed E-state index contributed by atoms with van der Waals surface area (Å²) in [7, 11) is 0. The van der Waals surface area contributed by atoms with Crippen molar-refractivity contribution in [3.05, 3.63) is 18.2 Å². The van der Waals surface area contributed by atoms with Crippen molar-refractivity contribution in [3.63, 3.8) is 0 Å². The first kappa shape index (κ1) is 9.58. The predicted molar refractivity (Wildman–Crippen MR) is 55.0 cm³/mol. The first-order valence-corrected chi connectivity index (χ1v) is 5.77. The number of carbonyl (C=O) groups excluding carboxylic acids is 1. The second kappa shape index (κ2) is 4.50. The molecule has 1 aliphatic rings. The van der Waals surface area contributed by atoms with Crippen molar-refractivity contribution in [2.24, 2.45) is 0 Å². The average molecular weight is 210 g/mol. The minimum absolute atomic E-state index is 0.161. The molecule has 0 spiro atoms. The number of aromatic nitrogens is 2. The summed E-state index contributed by atoms with van der Waals surface area (Å²) in [6.07, 6.45) is 4.65. The van der Waals surface area contributed by atoms with E-state index in [0.29, 0.717) is 12.2 Å². The smallest absolute Gasteiger partial charge is 0.230 e. The van der Waals surface area contributed by atoms with Gasteiger partial charge in [-0.2, -0.15) is 11.8 Å². The Labute approximate surface area is 87.1 Å². The highest BCUT2D eigenvalue weighted by Gasteiger charge is 2.17. The fourth-order valence-electron chi connectivity index (χ4n) is 1.42. The van der Waals surface area contributed by atoms with Crippen molar-refractivity contribution >= 4 is 17.7 Å². The van der Waals surface area contributed by atoms with Crippen molar-refractivity contribution in [3.8, 4) is 0 Å². The second-order valence-electron chi connectivity index (χ2n) is 3.15. The number of amides is 1. The van der Waals surface area contributed by atoms with Crippen molar-refractivity contribution in [2.75, 3.05) is 24.6 Å². The van der Waals surface area contributed by atoms with Crippen LogP contribution in [0.5, 0.6) is 0 Å². The van der Waals surface area contributed by atoms with Gasteiger partial charge in [0, 0.05) is 30.8 Å². The molecule has 0 atom stereocenters. The quantitative estimate of drug-likeness (QED) is 0.765. The van der Waals surface area contributed by atoms with E-state index in [1.807, 2.05) is 16.7 Å². The number of aromatic amines is 1. The molecule has 2 rings (SSSR count). The number of hydrogen-bond donors (Lipinski definition) is 1. The van der Waals surface area contributed by atoms with E-state index in [0.717, 1.165) is 24.6 Å². The van der Waals surface area contributed by atoms with Gasteiger partial charge in [0.15, 0.2) is 0 Å². The molecule has 1 aromatic rings. The van der Waals surface area contributed by atoms with E-state index < -0.39 is 0 Å². The lowest BCUT2D eigenvalue weighted by Crippen LogP contribution is -2.38. The highest BCUT2D eigenvalue weighted by molar-refractivity contribution is 7.99. The van der Waals surface area contributed by atoms with Crippen LogP contribution in [0.1, 0.15) is 5.82 Å². The van der Waals surface area contributed by atoms with E-state index in [9.17, 15) is 4.79 Å². The number of nitrogens with one attached hydrogen (secondary N) is 1. The molecule has 1 aliphatic heterocycles. The van der Waals surface area contributed by atoms with Crippen LogP contribution < -0.4 is 0 Å². The predicted octanol–water partition coefficient (Wildman–Crippen LogP) is 0.328. The molecule has 0 aliphatic carbocycles. The summed E-state index contributed by atoms with van der Waals surface area (Å²) in [5.41, 5.74) is 0. The normalized spacial score (nSPS) is 17.0. The summed E-state index contributed by atoms with van der Waals surface area (Å²) in [6, 6.07) is 0. The summed E-state index contributed by atoms with van der Waals surface area (Å²) in [5.74, 6) is 2.97. The van der Waals surface area contributed by atoms with Gasteiger partial charge in [-0.15, -0.1) is 0 Å². The van der Waals surface area contributed by atoms with Gasteiger partial charge in [-0.05, 0) is 0 Å². The Morgan fingerprint density at radius 2 is 2.43 bits per heavy atom. The number of carbonyl (C=O) groups is 1. The molecule has 0 bridgehead atoms. The standard InChI is InChI=1S/C9H12N3OS/c13-9(7-8-10-1-2-11-8)12-3-5-14-6-4-12/h1H,3-7H2,(H,10,11). The minimum atomic E-state index is 0.161. The molecule has 0 aromatic carbocycles. The Bertz CT molecular complexity index is 293. The zero-order chi connectivity index (χ0) is 9.80. The molecule has 1 radical (unpaired) electrons. The van der Waals surface area contributed by atoms with Crippen molar-refractivity contribution < 1.29 is 4.79 Å². The van der Waals surface area contributed by atoms with Crippen LogP contribution >= 0.6 is 11.8 Å². The third-order valence-corrected chi connectivity index (χ3v) is 3.13. The molecule has 75 valence electrons. The number of hydrogen-bond acceptors (Lipinski definition) is 3. The lowest BCUT2D eigenvalue weighted by Gasteiger charge is -2.26. The van der Waals surface area contributed by atoms with Crippen LogP contribution in [0, 0.1) is 6.20 Å². The topological polar surface area (TPSA) is 49.0 Å². The van der Waals surface area contributed by atoms with Gasteiger partial charge in [0.1, 0.15) is 12.0 Å². The zero-order valence-corrected chi connectivity index (χ0v) is 8.64. The molecule has 1 aromatic heterocycles. The molecule has 0 saturated carbocycles. The first-order valence-electron chi connectivity index (χ1n) is 4.62. The summed E-state index contributed by atoms with van der Waals surface area (Å²) in [5, 5.41) is 0. The fraction of sp³-hybridized carbons (Fsp3) is 0.556. The van der Waals surface area contributed by atoms with E-state index in [1.54, 1.807) is 6.20 Å². The summed E-state index contributed by atoms with van der Waals surface area (Å²) in [4.78, 5) is 20.4. The van der Waals surface area contributed by atoms with Gasteiger partial charge in [-0.1, -0.05) is 0 Å². The van der Waals surface area contributed by atoms with E-state index in [-0.39, 0.29) is 5.91 Å². The Hall–Kier alpha value is -0.970. The lowest BCUT2D eigenvalue weighted by atomic mass is 10.3. The van der Waals surface area contributed by atoms with Gasteiger partial charge >= 0.3 is 0 Å². The van der Waals surface area contributed by atoms with Gasteiger partial charge in [0.2, 0.25) is 5.91 Å². The van der Waals surface area contributed by atoms with Crippen LogP contribution in [0.4, 0.5) is 0 Å². The van der Waals surface area contributed by atoms with E-state index in [4.69, 9.17) is 0 Å². The fourth-order valence-corrected chi connectivity index (χ4v) is 2.32. The maximum atomic E-state index is 11.7. The summed E-state index contributed by atoms with van der Waals surface area (Å²) < 4.78 is 0. The van der Waals surface area contributed by atoms with Gasteiger partial charge in [0.25, 0.3) is 0 Å². The first-order chi connectivity index (χ1) is 6.86. The maximum absolute atomic E-state index is 11.7. The van der Waals surface area contributed by atoms with Gasteiger partial charge in [-0.25, -0.2) is 4.98 Å². The molecular formula is C9H12N3OS. The SMILES string of the molecule is O=C(Cc1n[c]c[nH]1)N1CCSCC1. The molecule has 1 saturated heterocycles. The van der Waals surface area contributed by atoms with E-state index in [1.165, 1.54) is 0 Å². The van der Waals surface area contributed by atoms with Gasteiger partial charge < -0.3 is 9.88 Å². The minimum Gasteiger partial charge on any atom is -0.347 e. The number of nitrogens with zero attached hydrogens (tertiary/aromatic N) is 2. The number of rotatable bonds is 2. The highest BCUT2D eigenvalue weighted by Crippen LogP contribution is 2.10. The summed E-state index contributed by atoms with van der Waals surface area (Å²) >= 11 is 1.90.